The Kier molecular flexibility index (Phi) is 6.65. The summed E-state index contributed by atoms with van der Waals surface area (Å²) < 4.78 is 0. The van der Waals surface area contributed by atoms with Crippen LogP contribution >= 0.6 is 11.3 Å². The lowest BCUT2D eigenvalue weighted by molar-refractivity contribution is 0.0783. The van der Waals surface area contributed by atoms with Crippen molar-refractivity contribution in [3.63, 3.8) is 0 Å². The van der Waals surface area contributed by atoms with Gasteiger partial charge in [0.15, 0.2) is 5.13 Å². The van der Waals surface area contributed by atoms with Gasteiger partial charge in [-0.2, -0.15) is 0 Å². The molecule has 1 aliphatic heterocycles. The molecule has 0 unspecified atom stereocenters. The Morgan fingerprint density at radius 3 is 2.65 bits per heavy atom. The van der Waals surface area contributed by atoms with Crippen LogP contribution in [-0.2, 0) is 13.0 Å². The Labute approximate surface area is 186 Å². The van der Waals surface area contributed by atoms with Gasteiger partial charge in [-0.1, -0.05) is 42.5 Å². The lowest BCUT2D eigenvalue weighted by Crippen LogP contribution is -2.35. The number of amides is 1. The number of aliphatic hydroxyl groups excluding tert-OH is 1. The van der Waals surface area contributed by atoms with Gasteiger partial charge >= 0.3 is 0 Å². The number of nitrogen functional groups attached to an aromatic ring is 1. The number of hydrogen-bond acceptors (Lipinski definition) is 6. The van der Waals surface area contributed by atoms with Crippen LogP contribution in [0.2, 0.25) is 0 Å². The molecule has 3 aromatic rings. The molecular weight excluding hydrogens is 408 g/mol. The summed E-state index contributed by atoms with van der Waals surface area (Å²) in [7, 11) is 1.77. The molecule has 0 saturated carbocycles. The summed E-state index contributed by atoms with van der Waals surface area (Å²) in [5.74, 6) is -0.0387. The number of nitrogens with zero attached hydrogens (tertiary/aromatic N) is 2. The third kappa shape index (κ3) is 5.31. The van der Waals surface area contributed by atoms with E-state index in [0.29, 0.717) is 23.3 Å². The maximum absolute atomic E-state index is 12.7. The Morgan fingerprint density at radius 1 is 1.23 bits per heavy atom. The van der Waals surface area contributed by atoms with Crippen LogP contribution in [0, 0.1) is 0 Å². The van der Waals surface area contributed by atoms with Crippen LogP contribution in [0.15, 0.2) is 60.0 Å². The molecule has 1 fully saturated rings. The first-order valence-electron chi connectivity index (χ1n) is 10.5. The summed E-state index contributed by atoms with van der Waals surface area (Å²) in [6.45, 7) is 0.436. The lowest BCUT2D eigenvalue weighted by atomic mass is 10.0. The van der Waals surface area contributed by atoms with E-state index < -0.39 is 6.10 Å². The third-order valence-electron chi connectivity index (χ3n) is 5.80. The van der Waals surface area contributed by atoms with Crippen LogP contribution in [0.3, 0.4) is 0 Å². The van der Waals surface area contributed by atoms with Crippen molar-refractivity contribution in [2.75, 3.05) is 12.8 Å². The monoisotopic (exact) mass is 436 g/mol. The molecule has 1 amide bonds. The van der Waals surface area contributed by atoms with Crippen molar-refractivity contribution >= 4 is 22.4 Å². The smallest absolute Gasteiger partial charge is 0.253 e. The van der Waals surface area contributed by atoms with Crippen LogP contribution in [0.5, 0.6) is 0 Å². The van der Waals surface area contributed by atoms with Gasteiger partial charge in [0.2, 0.25) is 0 Å². The van der Waals surface area contributed by atoms with E-state index in [4.69, 9.17) is 5.73 Å². The van der Waals surface area contributed by atoms with Crippen molar-refractivity contribution in [1.29, 1.82) is 0 Å². The number of hydrogen-bond donors (Lipinski definition) is 3. The summed E-state index contributed by atoms with van der Waals surface area (Å²) in [5.41, 5.74) is 9.26. The lowest BCUT2D eigenvalue weighted by Gasteiger charge is -2.20. The molecule has 1 aliphatic rings. The molecule has 6 nitrogen and oxygen atoms in total. The average molecular weight is 437 g/mol. The fourth-order valence-corrected chi connectivity index (χ4v) is 4.70. The summed E-state index contributed by atoms with van der Waals surface area (Å²) in [5, 5.41) is 16.6. The number of aromatic nitrogens is 1. The van der Waals surface area contributed by atoms with Gasteiger partial charge in [0, 0.05) is 30.1 Å². The van der Waals surface area contributed by atoms with E-state index >= 15 is 0 Å². The van der Waals surface area contributed by atoms with E-state index in [2.05, 4.69) is 10.3 Å². The normalized spacial score (nSPS) is 19.3. The molecule has 31 heavy (non-hydrogen) atoms. The van der Waals surface area contributed by atoms with Crippen LogP contribution in [0.1, 0.15) is 46.1 Å². The summed E-state index contributed by atoms with van der Waals surface area (Å²) in [6.07, 6.45) is 2.35. The zero-order valence-corrected chi connectivity index (χ0v) is 18.4. The standard InChI is InChI=1S/C24H28N4O2S/c1-28(14-20-15-31-24(25)27-20)23(30)18-9-7-16(8-10-18)13-19-11-12-21(26-19)22(29)17-5-3-2-4-6-17/h2-10,15,19,21-22,26,29H,11-14H2,1H3,(H2,25,27)/t19-,21+,22+/m0/s1. The molecule has 2 heterocycles. The first-order valence-corrected chi connectivity index (χ1v) is 11.4. The molecule has 4 rings (SSSR count). The first-order chi connectivity index (χ1) is 15.0. The Bertz CT molecular complexity index is 1010. The van der Waals surface area contributed by atoms with E-state index in [9.17, 15) is 9.90 Å². The van der Waals surface area contributed by atoms with E-state index in [1.807, 2.05) is 60.0 Å². The highest BCUT2D eigenvalue weighted by molar-refractivity contribution is 7.13. The second-order valence-corrected chi connectivity index (χ2v) is 9.03. The highest BCUT2D eigenvalue weighted by atomic mass is 32.1. The number of rotatable bonds is 7. The number of thiazole rings is 1. The molecule has 1 aromatic heterocycles. The summed E-state index contributed by atoms with van der Waals surface area (Å²) >= 11 is 1.38. The Morgan fingerprint density at radius 2 is 1.97 bits per heavy atom. The molecule has 3 atom stereocenters. The topological polar surface area (TPSA) is 91.5 Å². The predicted molar refractivity (Wildman–Crippen MR) is 124 cm³/mol. The molecule has 1 saturated heterocycles. The third-order valence-corrected chi connectivity index (χ3v) is 6.52. The number of aliphatic hydroxyl groups is 1. The first kappa shape index (κ1) is 21.5. The van der Waals surface area contributed by atoms with E-state index in [0.717, 1.165) is 30.5 Å². The predicted octanol–water partition coefficient (Wildman–Crippen LogP) is 3.39. The summed E-state index contributed by atoms with van der Waals surface area (Å²) in [6, 6.07) is 18.0. The van der Waals surface area contributed by atoms with Crippen molar-refractivity contribution in [3.8, 4) is 0 Å². The van der Waals surface area contributed by atoms with Crippen LogP contribution in [-0.4, -0.2) is 40.0 Å². The number of anilines is 1. The quantitative estimate of drug-likeness (QED) is 0.528. The molecule has 4 N–H and O–H groups in total. The zero-order chi connectivity index (χ0) is 21.8. The van der Waals surface area contributed by atoms with Crippen LogP contribution in [0.4, 0.5) is 5.13 Å². The van der Waals surface area contributed by atoms with E-state index in [1.165, 1.54) is 16.9 Å². The van der Waals surface area contributed by atoms with Crippen LogP contribution < -0.4 is 11.1 Å². The van der Waals surface area contributed by atoms with Gasteiger partial charge < -0.3 is 21.1 Å². The SMILES string of the molecule is CN(Cc1csc(N)n1)C(=O)c1ccc(C[C@@H]2CC[C@H]([C@H](O)c3ccccc3)N2)cc1. The Hall–Kier alpha value is -2.74. The average Bonchev–Trinajstić information content (AvgIpc) is 3.42. The molecule has 0 aliphatic carbocycles. The highest BCUT2D eigenvalue weighted by Gasteiger charge is 2.29. The minimum atomic E-state index is -0.491. The van der Waals surface area contributed by atoms with Crippen molar-refractivity contribution in [3.05, 3.63) is 82.4 Å². The van der Waals surface area contributed by atoms with Gasteiger partial charge in [-0.15, -0.1) is 11.3 Å². The van der Waals surface area contributed by atoms with Crippen molar-refractivity contribution in [1.82, 2.24) is 15.2 Å². The van der Waals surface area contributed by atoms with Gasteiger partial charge in [-0.05, 0) is 42.5 Å². The number of carbonyl (C=O) groups is 1. The molecule has 2 aromatic carbocycles. The minimum absolute atomic E-state index is 0.0387. The second kappa shape index (κ2) is 9.60. The van der Waals surface area contributed by atoms with Gasteiger partial charge in [0.25, 0.3) is 5.91 Å². The summed E-state index contributed by atoms with van der Waals surface area (Å²) in [4.78, 5) is 18.6. The largest absolute Gasteiger partial charge is 0.387 e. The number of nitrogens with one attached hydrogen (secondary N) is 1. The maximum Gasteiger partial charge on any atom is 0.253 e. The van der Waals surface area contributed by atoms with Crippen LogP contribution in [0.25, 0.3) is 0 Å². The highest BCUT2D eigenvalue weighted by Crippen LogP contribution is 2.26. The molecular formula is C24H28N4O2S. The Balaban J connectivity index is 1.31. The van der Waals surface area contributed by atoms with E-state index in [-0.39, 0.29) is 11.9 Å². The number of nitrogens with two attached hydrogens (primary N) is 1. The molecule has 0 radical (unpaired) electrons. The molecule has 0 bridgehead atoms. The zero-order valence-electron chi connectivity index (χ0n) is 17.6. The van der Waals surface area contributed by atoms with Crippen molar-refractivity contribution < 1.29 is 9.90 Å². The van der Waals surface area contributed by atoms with Crippen molar-refractivity contribution in [2.45, 2.75) is 44.0 Å². The van der Waals surface area contributed by atoms with Gasteiger partial charge in [-0.3, -0.25) is 4.79 Å². The number of carbonyl (C=O) groups excluding carboxylic acids is 1. The maximum atomic E-state index is 12.7. The van der Waals surface area contributed by atoms with Gasteiger partial charge in [-0.25, -0.2) is 4.98 Å². The number of benzene rings is 2. The van der Waals surface area contributed by atoms with Gasteiger partial charge in [0.1, 0.15) is 0 Å². The second-order valence-electron chi connectivity index (χ2n) is 8.14. The van der Waals surface area contributed by atoms with E-state index in [1.54, 1.807) is 11.9 Å². The molecule has 0 spiro atoms. The fraction of sp³-hybridized carbons (Fsp3) is 0.333. The van der Waals surface area contributed by atoms with Crippen molar-refractivity contribution in [2.24, 2.45) is 0 Å². The molecule has 162 valence electrons. The fourth-order valence-electron chi connectivity index (χ4n) is 4.14. The minimum Gasteiger partial charge on any atom is -0.387 e. The van der Waals surface area contributed by atoms with Gasteiger partial charge in [0.05, 0.1) is 18.3 Å². The molecule has 7 heteroatoms.